The van der Waals surface area contributed by atoms with Crippen LogP contribution >= 0.6 is 0 Å². The molecule has 182 valence electrons. The smallest absolute Gasteiger partial charge is 0.422 e. The maximum absolute atomic E-state index is 13.0. The van der Waals surface area contributed by atoms with Crippen molar-refractivity contribution >= 4 is 27.3 Å². The number of benzene rings is 2. The van der Waals surface area contributed by atoms with Gasteiger partial charge in [0.1, 0.15) is 5.75 Å². The van der Waals surface area contributed by atoms with Crippen LogP contribution in [0.1, 0.15) is 5.56 Å². The van der Waals surface area contributed by atoms with Crippen molar-refractivity contribution in [2.45, 2.75) is 17.2 Å². The molecule has 0 aliphatic heterocycles. The topological polar surface area (TPSA) is 87.7 Å². The third-order valence-corrected chi connectivity index (χ3v) is 5.88. The number of carbonyl (C=O) groups excluding carboxylic acids is 1. The van der Waals surface area contributed by atoms with Gasteiger partial charge in [-0.15, -0.1) is 0 Å². The molecule has 14 heteroatoms. The molecule has 0 aliphatic rings. The van der Waals surface area contributed by atoms with Crippen LogP contribution in [0.25, 0.3) is 0 Å². The monoisotopic (exact) mass is 499 g/mol. The highest BCUT2D eigenvalue weighted by atomic mass is 32.2. The SMILES string of the molecule is CN(C)S(=O)(=O)c1ccc(NC(=O)CNc2cc(C(F)(F)F)ccc2OCC(F)(F)F)cc1. The summed E-state index contributed by atoms with van der Waals surface area (Å²) < 4.78 is 106. The fraction of sp³-hybridized carbons (Fsp3) is 0.316. The summed E-state index contributed by atoms with van der Waals surface area (Å²) in [5, 5.41) is 4.71. The first-order chi connectivity index (χ1) is 15.1. The van der Waals surface area contributed by atoms with Gasteiger partial charge in [-0.05, 0) is 42.5 Å². The Morgan fingerprint density at radius 3 is 2.12 bits per heavy atom. The number of nitrogens with zero attached hydrogens (tertiary/aromatic N) is 1. The van der Waals surface area contributed by atoms with Crippen molar-refractivity contribution in [1.82, 2.24) is 4.31 Å². The van der Waals surface area contributed by atoms with E-state index in [0.29, 0.717) is 12.1 Å². The van der Waals surface area contributed by atoms with Crippen LogP contribution in [0.3, 0.4) is 0 Å². The summed E-state index contributed by atoms with van der Waals surface area (Å²) in [7, 11) is -0.994. The molecule has 2 N–H and O–H groups in total. The lowest BCUT2D eigenvalue weighted by Crippen LogP contribution is -2.24. The molecule has 0 radical (unpaired) electrons. The van der Waals surface area contributed by atoms with Crippen molar-refractivity contribution < 1.29 is 44.3 Å². The summed E-state index contributed by atoms with van der Waals surface area (Å²) in [5.74, 6) is -1.27. The van der Waals surface area contributed by atoms with Gasteiger partial charge in [-0.2, -0.15) is 26.3 Å². The molecule has 0 bridgehead atoms. The van der Waals surface area contributed by atoms with Crippen LogP contribution < -0.4 is 15.4 Å². The van der Waals surface area contributed by atoms with Gasteiger partial charge in [0.2, 0.25) is 15.9 Å². The van der Waals surface area contributed by atoms with Gasteiger partial charge < -0.3 is 15.4 Å². The molecular formula is C19H19F6N3O4S. The Morgan fingerprint density at radius 1 is 1.00 bits per heavy atom. The van der Waals surface area contributed by atoms with Gasteiger partial charge in [-0.25, -0.2) is 12.7 Å². The number of carbonyl (C=O) groups is 1. The third kappa shape index (κ3) is 7.53. The number of sulfonamides is 1. The van der Waals surface area contributed by atoms with Crippen LogP contribution in [0, 0.1) is 0 Å². The largest absolute Gasteiger partial charge is 0.482 e. The molecule has 7 nitrogen and oxygen atoms in total. The molecule has 1 amide bonds. The quantitative estimate of drug-likeness (QED) is 0.538. The van der Waals surface area contributed by atoms with E-state index in [1.54, 1.807) is 0 Å². The van der Waals surface area contributed by atoms with Gasteiger partial charge in [0.15, 0.2) is 6.61 Å². The highest BCUT2D eigenvalue weighted by Crippen LogP contribution is 2.35. The van der Waals surface area contributed by atoms with E-state index in [-0.39, 0.29) is 10.6 Å². The van der Waals surface area contributed by atoms with Crippen molar-refractivity contribution in [3.8, 4) is 5.75 Å². The summed E-state index contributed by atoms with van der Waals surface area (Å²) in [6, 6.07) is 6.90. The fourth-order valence-electron chi connectivity index (χ4n) is 2.43. The number of halogens is 6. The number of nitrogens with one attached hydrogen (secondary N) is 2. The molecule has 2 aromatic carbocycles. The number of ether oxygens (including phenoxy) is 1. The minimum absolute atomic E-state index is 0.0287. The second kappa shape index (κ2) is 9.87. The van der Waals surface area contributed by atoms with Crippen LogP contribution in [0.15, 0.2) is 47.4 Å². The van der Waals surface area contributed by atoms with Gasteiger partial charge in [0, 0.05) is 19.8 Å². The Labute approximate surface area is 185 Å². The number of anilines is 2. The molecule has 0 fully saturated rings. The van der Waals surface area contributed by atoms with E-state index >= 15 is 0 Å². The summed E-state index contributed by atoms with van der Waals surface area (Å²) in [6.45, 7) is -2.34. The van der Waals surface area contributed by atoms with Crippen LogP contribution in [0.4, 0.5) is 37.7 Å². The lowest BCUT2D eigenvalue weighted by molar-refractivity contribution is -0.153. The van der Waals surface area contributed by atoms with Crippen LogP contribution in [-0.4, -0.2) is 52.1 Å². The molecule has 0 aliphatic carbocycles. The fourth-order valence-corrected chi connectivity index (χ4v) is 3.33. The second-order valence-electron chi connectivity index (χ2n) is 6.83. The first kappa shape index (κ1) is 26.3. The van der Waals surface area contributed by atoms with Gasteiger partial charge in [0.05, 0.1) is 22.7 Å². The molecule has 2 rings (SSSR count). The van der Waals surface area contributed by atoms with Gasteiger partial charge in [-0.1, -0.05) is 0 Å². The zero-order valence-corrected chi connectivity index (χ0v) is 18.0. The normalized spacial score (nSPS) is 12.5. The first-order valence-electron chi connectivity index (χ1n) is 9.07. The van der Waals surface area contributed by atoms with Gasteiger partial charge >= 0.3 is 12.4 Å². The minimum Gasteiger partial charge on any atom is -0.482 e. The summed E-state index contributed by atoms with van der Waals surface area (Å²) in [4.78, 5) is 12.1. The van der Waals surface area contributed by atoms with E-state index in [1.807, 2.05) is 0 Å². The van der Waals surface area contributed by atoms with E-state index in [2.05, 4.69) is 15.4 Å². The van der Waals surface area contributed by atoms with Gasteiger partial charge in [0.25, 0.3) is 0 Å². The minimum atomic E-state index is -4.77. The molecule has 2 aromatic rings. The number of amides is 1. The van der Waals surface area contributed by atoms with Gasteiger partial charge in [-0.3, -0.25) is 4.79 Å². The Balaban J connectivity index is 2.11. The zero-order chi connectivity index (χ0) is 25.0. The maximum Gasteiger partial charge on any atom is 0.422 e. The molecule has 0 aromatic heterocycles. The molecule has 0 saturated carbocycles. The number of alkyl halides is 6. The Bertz CT molecular complexity index is 1080. The molecule has 0 heterocycles. The molecular weight excluding hydrogens is 480 g/mol. The Kier molecular flexibility index (Phi) is 7.85. The van der Waals surface area contributed by atoms with E-state index in [0.717, 1.165) is 10.4 Å². The molecule has 33 heavy (non-hydrogen) atoms. The van der Waals surface area contributed by atoms with Crippen molar-refractivity contribution in [3.05, 3.63) is 48.0 Å². The number of hydrogen-bond donors (Lipinski definition) is 2. The summed E-state index contributed by atoms with van der Waals surface area (Å²) in [6.07, 6.45) is -9.49. The number of rotatable bonds is 8. The Morgan fingerprint density at radius 2 is 1.61 bits per heavy atom. The third-order valence-electron chi connectivity index (χ3n) is 4.05. The standard InChI is InChI=1S/C19H19F6N3O4S/c1-28(2)33(30,31)14-6-4-13(5-7-14)27-17(29)10-26-15-9-12(19(23,24)25)3-8-16(15)32-11-18(20,21)22/h3-9,26H,10-11H2,1-2H3,(H,27,29). The number of hydrogen-bond acceptors (Lipinski definition) is 5. The highest BCUT2D eigenvalue weighted by Gasteiger charge is 2.32. The van der Waals surface area contributed by atoms with Crippen LogP contribution in [-0.2, 0) is 21.0 Å². The molecule has 0 unspecified atom stereocenters. The predicted molar refractivity (Wildman–Crippen MR) is 107 cm³/mol. The molecule has 0 atom stereocenters. The molecule has 0 saturated heterocycles. The lowest BCUT2D eigenvalue weighted by Gasteiger charge is -2.17. The van der Waals surface area contributed by atoms with E-state index in [1.165, 1.54) is 38.4 Å². The average molecular weight is 499 g/mol. The second-order valence-corrected chi connectivity index (χ2v) is 8.98. The van der Waals surface area contributed by atoms with E-state index in [4.69, 9.17) is 0 Å². The predicted octanol–water partition coefficient (Wildman–Crippen LogP) is 3.95. The summed E-state index contributed by atoms with van der Waals surface area (Å²) >= 11 is 0. The van der Waals surface area contributed by atoms with Crippen molar-refractivity contribution in [2.75, 3.05) is 37.9 Å². The highest BCUT2D eigenvalue weighted by molar-refractivity contribution is 7.89. The molecule has 0 spiro atoms. The average Bonchev–Trinajstić information content (AvgIpc) is 2.70. The Hall–Kier alpha value is -3.00. The van der Waals surface area contributed by atoms with Crippen LogP contribution in [0.2, 0.25) is 0 Å². The van der Waals surface area contributed by atoms with Crippen LogP contribution in [0.5, 0.6) is 5.75 Å². The lowest BCUT2D eigenvalue weighted by atomic mass is 10.1. The zero-order valence-electron chi connectivity index (χ0n) is 17.2. The van der Waals surface area contributed by atoms with Crippen molar-refractivity contribution in [3.63, 3.8) is 0 Å². The summed E-state index contributed by atoms with van der Waals surface area (Å²) in [5.41, 5.74) is -1.42. The van der Waals surface area contributed by atoms with Crippen molar-refractivity contribution in [2.24, 2.45) is 0 Å². The van der Waals surface area contributed by atoms with Crippen molar-refractivity contribution in [1.29, 1.82) is 0 Å². The first-order valence-corrected chi connectivity index (χ1v) is 10.5. The van der Waals surface area contributed by atoms with E-state index in [9.17, 15) is 39.6 Å². The van der Waals surface area contributed by atoms with E-state index < -0.39 is 58.4 Å². The maximum atomic E-state index is 13.0.